The molecule has 0 saturated heterocycles. The summed E-state index contributed by atoms with van der Waals surface area (Å²) in [6.45, 7) is 8.95. The van der Waals surface area contributed by atoms with Crippen molar-refractivity contribution in [2.24, 2.45) is 5.73 Å². The largest absolute Gasteiger partial charge is 0.361 e. The summed E-state index contributed by atoms with van der Waals surface area (Å²) < 4.78 is 5.21. The summed E-state index contributed by atoms with van der Waals surface area (Å²) in [5, 5.41) is 4.09. The quantitative estimate of drug-likeness (QED) is 0.880. The fourth-order valence-corrected chi connectivity index (χ4v) is 1.99. The third-order valence-corrected chi connectivity index (χ3v) is 3.21. The minimum Gasteiger partial charge on any atom is -0.361 e. The molecule has 0 spiro atoms. The molecule has 0 aliphatic rings. The van der Waals surface area contributed by atoms with E-state index in [1.807, 2.05) is 6.92 Å². The summed E-state index contributed by atoms with van der Waals surface area (Å²) in [6.07, 6.45) is 0. The number of hydrogen-bond donors (Lipinski definition) is 1. The van der Waals surface area contributed by atoms with Gasteiger partial charge in [-0.15, -0.1) is 0 Å². The van der Waals surface area contributed by atoms with Gasteiger partial charge in [0.15, 0.2) is 0 Å². The molecule has 0 radical (unpaired) electrons. The molecule has 1 aromatic heterocycles. The Hall–Kier alpha value is -1.61. The van der Waals surface area contributed by atoms with Crippen LogP contribution in [-0.4, -0.2) is 5.16 Å². The van der Waals surface area contributed by atoms with Crippen LogP contribution in [0.2, 0.25) is 0 Å². The van der Waals surface area contributed by atoms with E-state index in [-0.39, 0.29) is 5.41 Å². The van der Waals surface area contributed by atoms with E-state index in [4.69, 9.17) is 10.3 Å². The van der Waals surface area contributed by atoms with Gasteiger partial charge in [0, 0.05) is 17.7 Å². The lowest BCUT2D eigenvalue weighted by atomic mass is 9.86. The summed E-state index contributed by atoms with van der Waals surface area (Å²) in [7, 11) is 0. The van der Waals surface area contributed by atoms with Gasteiger partial charge in [0.05, 0.1) is 0 Å². The fourth-order valence-electron chi connectivity index (χ4n) is 1.99. The summed E-state index contributed by atoms with van der Waals surface area (Å²) in [5.74, 6) is 0.799. The summed E-state index contributed by atoms with van der Waals surface area (Å²) >= 11 is 0. The number of nitrogens with zero attached hydrogens (tertiary/aromatic N) is 1. The van der Waals surface area contributed by atoms with Gasteiger partial charge in [0.25, 0.3) is 0 Å². The Bertz CT molecular complexity index is 533. The van der Waals surface area contributed by atoms with Crippen LogP contribution in [0.15, 0.2) is 28.8 Å². The average Bonchev–Trinajstić information content (AvgIpc) is 2.69. The van der Waals surface area contributed by atoms with Crippen molar-refractivity contribution in [3.05, 3.63) is 41.2 Å². The van der Waals surface area contributed by atoms with Crippen molar-refractivity contribution in [3.63, 3.8) is 0 Å². The van der Waals surface area contributed by atoms with Gasteiger partial charge in [-0.25, -0.2) is 0 Å². The van der Waals surface area contributed by atoms with Gasteiger partial charge < -0.3 is 10.3 Å². The first-order valence-corrected chi connectivity index (χ1v) is 6.19. The SMILES string of the molecule is Cc1onc(-c2ccc(C(C)(C)C)cc2)c1CN. The van der Waals surface area contributed by atoms with Crippen LogP contribution >= 0.6 is 0 Å². The zero-order valence-electron chi connectivity index (χ0n) is 11.4. The Morgan fingerprint density at radius 2 is 1.78 bits per heavy atom. The molecule has 0 fully saturated rings. The average molecular weight is 244 g/mol. The lowest BCUT2D eigenvalue weighted by molar-refractivity contribution is 0.398. The minimum absolute atomic E-state index is 0.162. The third kappa shape index (κ3) is 2.31. The smallest absolute Gasteiger partial charge is 0.138 e. The van der Waals surface area contributed by atoms with Crippen molar-refractivity contribution in [1.29, 1.82) is 0 Å². The molecule has 0 amide bonds. The van der Waals surface area contributed by atoms with Gasteiger partial charge in [0.1, 0.15) is 11.5 Å². The Kier molecular flexibility index (Phi) is 3.26. The van der Waals surface area contributed by atoms with E-state index < -0.39 is 0 Å². The Morgan fingerprint density at radius 3 is 2.28 bits per heavy atom. The fraction of sp³-hybridized carbons (Fsp3) is 0.400. The highest BCUT2D eigenvalue weighted by Gasteiger charge is 2.16. The van der Waals surface area contributed by atoms with Crippen LogP contribution in [0.1, 0.15) is 37.7 Å². The van der Waals surface area contributed by atoms with E-state index in [0.717, 1.165) is 22.6 Å². The highest BCUT2D eigenvalue weighted by Crippen LogP contribution is 2.28. The predicted molar refractivity (Wildman–Crippen MR) is 73.3 cm³/mol. The molecule has 3 heteroatoms. The second-order valence-electron chi connectivity index (χ2n) is 5.60. The molecular weight excluding hydrogens is 224 g/mol. The van der Waals surface area contributed by atoms with E-state index >= 15 is 0 Å². The number of nitrogens with two attached hydrogens (primary N) is 1. The van der Waals surface area contributed by atoms with Crippen LogP contribution in [-0.2, 0) is 12.0 Å². The van der Waals surface area contributed by atoms with E-state index in [9.17, 15) is 0 Å². The minimum atomic E-state index is 0.162. The van der Waals surface area contributed by atoms with Crippen molar-refractivity contribution in [2.45, 2.75) is 39.7 Å². The Balaban J connectivity index is 2.40. The number of aryl methyl sites for hydroxylation is 1. The third-order valence-electron chi connectivity index (χ3n) is 3.21. The second-order valence-corrected chi connectivity index (χ2v) is 5.60. The second kappa shape index (κ2) is 4.58. The number of rotatable bonds is 2. The first-order valence-electron chi connectivity index (χ1n) is 6.19. The molecule has 0 unspecified atom stereocenters. The highest BCUT2D eigenvalue weighted by atomic mass is 16.5. The molecule has 0 bridgehead atoms. The Morgan fingerprint density at radius 1 is 1.17 bits per heavy atom. The summed E-state index contributed by atoms with van der Waals surface area (Å²) in [4.78, 5) is 0. The van der Waals surface area contributed by atoms with Gasteiger partial charge in [0.2, 0.25) is 0 Å². The maximum absolute atomic E-state index is 5.73. The normalized spacial score (nSPS) is 11.8. The molecule has 1 heterocycles. The molecule has 0 saturated carbocycles. The number of hydrogen-bond acceptors (Lipinski definition) is 3. The molecular formula is C15H20N2O. The maximum Gasteiger partial charge on any atom is 0.138 e. The summed E-state index contributed by atoms with van der Waals surface area (Å²) in [5.41, 5.74) is 10.1. The van der Waals surface area contributed by atoms with E-state index in [1.54, 1.807) is 0 Å². The molecule has 2 aromatic rings. The van der Waals surface area contributed by atoms with Gasteiger partial charge in [-0.3, -0.25) is 0 Å². The van der Waals surface area contributed by atoms with Gasteiger partial charge in [-0.2, -0.15) is 0 Å². The summed E-state index contributed by atoms with van der Waals surface area (Å²) in [6, 6.07) is 8.44. The van der Waals surface area contributed by atoms with Crippen LogP contribution < -0.4 is 5.73 Å². The van der Waals surface area contributed by atoms with Gasteiger partial charge >= 0.3 is 0 Å². The molecule has 3 nitrogen and oxygen atoms in total. The zero-order valence-corrected chi connectivity index (χ0v) is 11.4. The van der Waals surface area contributed by atoms with Gasteiger partial charge in [-0.05, 0) is 17.9 Å². The van der Waals surface area contributed by atoms with E-state index in [2.05, 4.69) is 50.2 Å². The monoisotopic (exact) mass is 244 g/mol. The zero-order chi connectivity index (χ0) is 13.3. The standard InChI is InChI=1S/C15H20N2O/c1-10-13(9-16)14(17-18-10)11-5-7-12(8-6-11)15(2,3)4/h5-8H,9,16H2,1-4H3. The van der Waals surface area contributed by atoms with E-state index in [0.29, 0.717) is 6.54 Å². The van der Waals surface area contributed by atoms with Crippen LogP contribution in [0, 0.1) is 6.92 Å². The predicted octanol–water partition coefficient (Wildman–Crippen LogP) is 3.41. The van der Waals surface area contributed by atoms with Crippen LogP contribution in [0.25, 0.3) is 11.3 Å². The lowest BCUT2D eigenvalue weighted by Crippen LogP contribution is -2.10. The molecule has 1 aromatic carbocycles. The number of benzene rings is 1. The van der Waals surface area contributed by atoms with Crippen molar-refractivity contribution in [1.82, 2.24) is 5.16 Å². The highest BCUT2D eigenvalue weighted by molar-refractivity contribution is 5.63. The Labute approximate surface area is 108 Å². The van der Waals surface area contributed by atoms with Crippen LogP contribution in [0.4, 0.5) is 0 Å². The van der Waals surface area contributed by atoms with Gasteiger partial charge in [-0.1, -0.05) is 50.2 Å². The van der Waals surface area contributed by atoms with Crippen molar-refractivity contribution in [2.75, 3.05) is 0 Å². The van der Waals surface area contributed by atoms with E-state index in [1.165, 1.54) is 5.56 Å². The molecule has 0 aliphatic heterocycles. The molecule has 2 N–H and O–H groups in total. The molecule has 2 rings (SSSR count). The maximum atomic E-state index is 5.73. The first kappa shape index (κ1) is 12.8. The molecule has 0 aliphatic carbocycles. The van der Waals surface area contributed by atoms with Crippen molar-refractivity contribution < 1.29 is 4.52 Å². The molecule has 18 heavy (non-hydrogen) atoms. The lowest BCUT2D eigenvalue weighted by Gasteiger charge is -2.18. The van der Waals surface area contributed by atoms with Crippen LogP contribution in [0.3, 0.4) is 0 Å². The van der Waals surface area contributed by atoms with Crippen molar-refractivity contribution >= 4 is 0 Å². The topological polar surface area (TPSA) is 52.0 Å². The number of aromatic nitrogens is 1. The molecule has 0 atom stereocenters. The van der Waals surface area contributed by atoms with Crippen LogP contribution in [0.5, 0.6) is 0 Å². The van der Waals surface area contributed by atoms with Crippen molar-refractivity contribution in [3.8, 4) is 11.3 Å². The molecule has 96 valence electrons. The first-order chi connectivity index (χ1) is 8.43.